The van der Waals surface area contributed by atoms with Crippen molar-refractivity contribution in [2.24, 2.45) is 11.3 Å². The highest BCUT2D eigenvalue weighted by Crippen LogP contribution is 2.43. The fourth-order valence-corrected chi connectivity index (χ4v) is 4.47. The van der Waals surface area contributed by atoms with Crippen molar-refractivity contribution in [3.8, 4) is 5.75 Å². The molecule has 1 aromatic carbocycles. The second-order valence-electron chi connectivity index (χ2n) is 8.82. The van der Waals surface area contributed by atoms with Gasteiger partial charge in [0.15, 0.2) is 5.78 Å². The van der Waals surface area contributed by atoms with E-state index in [1.165, 1.54) is 13.2 Å². The van der Waals surface area contributed by atoms with Gasteiger partial charge in [0.05, 0.1) is 18.7 Å². The van der Waals surface area contributed by atoms with Crippen LogP contribution in [0, 0.1) is 11.3 Å². The summed E-state index contributed by atoms with van der Waals surface area (Å²) in [5.74, 6) is 0.342. The van der Waals surface area contributed by atoms with Gasteiger partial charge in [0.2, 0.25) is 0 Å². The number of halogens is 1. The Morgan fingerprint density at radius 1 is 1.29 bits per heavy atom. The van der Waals surface area contributed by atoms with Gasteiger partial charge in [0.25, 0.3) is 5.91 Å². The third kappa shape index (κ3) is 3.75. The van der Waals surface area contributed by atoms with Crippen LogP contribution in [0.4, 0.5) is 4.79 Å². The lowest BCUT2D eigenvalue weighted by atomic mass is 9.67. The van der Waals surface area contributed by atoms with Crippen LogP contribution >= 0.6 is 11.6 Å². The van der Waals surface area contributed by atoms with E-state index >= 15 is 0 Å². The van der Waals surface area contributed by atoms with E-state index in [2.05, 4.69) is 26.1 Å². The van der Waals surface area contributed by atoms with Crippen LogP contribution in [0.25, 0.3) is 0 Å². The minimum absolute atomic E-state index is 0.177. The number of ether oxygens (including phenoxy) is 1. The number of rotatable bonds is 4. The summed E-state index contributed by atoms with van der Waals surface area (Å²) in [5.41, 5.74) is -0.350. The SMILES string of the molecule is COc1ccc(C(=O)CN2C(=O)NC3(CCC(C(C)(C)C)CC3)C2=O)cc1Cl. The molecule has 2 aliphatic rings. The maximum atomic E-state index is 13.0. The highest BCUT2D eigenvalue weighted by Gasteiger charge is 2.53. The Labute approximate surface area is 170 Å². The van der Waals surface area contributed by atoms with Gasteiger partial charge >= 0.3 is 6.03 Å². The molecule has 1 spiro atoms. The summed E-state index contributed by atoms with van der Waals surface area (Å²) >= 11 is 6.08. The quantitative estimate of drug-likeness (QED) is 0.604. The molecule has 0 aromatic heterocycles. The largest absolute Gasteiger partial charge is 0.495 e. The van der Waals surface area contributed by atoms with Crippen LogP contribution in [0.2, 0.25) is 5.02 Å². The van der Waals surface area contributed by atoms with E-state index in [1.54, 1.807) is 12.1 Å². The molecule has 0 unspecified atom stereocenters. The molecule has 0 bridgehead atoms. The van der Waals surface area contributed by atoms with Crippen LogP contribution in [0.3, 0.4) is 0 Å². The molecule has 1 heterocycles. The topological polar surface area (TPSA) is 75.7 Å². The highest BCUT2D eigenvalue weighted by molar-refractivity contribution is 6.32. The van der Waals surface area contributed by atoms with E-state index in [1.807, 2.05) is 0 Å². The summed E-state index contributed by atoms with van der Waals surface area (Å²) in [6, 6.07) is 4.17. The van der Waals surface area contributed by atoms with Crippen LogP contribution in [0.15, 0.2) is 18.2 Å². The average Bonchev–Trinajstić information content (AvgIpc) is 2.85. The van der Waals surface area contributed by atoms with Gasteiger partial charge in [-0.25, -0.2) is 4.79 Å². The monoisotopic (exact) mass is 406 g/mol. The van der Waals surface area contributed by atoms with Crippen molar-refractivity contribution in [1.82, 2.24) is 10.2 Å². The molecule has 3 amide bonds. The number of ketones is 1. The Morgan fingerprint density at radius 3 is 2.46 bits per heavy atom. The number of methoxy groups -OCH3 is 1. The molecule has 2 fully saturated rings. The lowest BCUT2D eigenvalue weighted by Gasteiger charge is -2.40. The zero-order valence-corrected chi connectivity index (χ0v) is 17.6. The maximum Gasteiger partial charge on any atom is 0.325 e. The molecule has 7 heteroatoms. The van der Waals surface area contributed by atoms with E-state index in [4.69, 9.17) is 16.3 Å². The number of carbonyl (C=O) groups is 3. The first-order valence-corrected chi connectivity index (χ1v) is 9.96. The number of benzene rings is 1. The summed E-state index contributed by atoms with van der Waals surface area (Å²) in [6.45, 7) is 6.32. The molecular weight excluding hydrogens is 380 g/mol. The molecule has 1 aliphatic heterocycles. The molecular formula is C21H27ClN2O4. The zero-order chi connectivity index (χ0) is 20.7. The standard InChI is InChI=1S/C21H27ClN2O4/c1-20(2,3)14-7-9-21(10-8-14)18(26)24(19(27)23-21)12-16(25)13-5-6-17(28-4)15(22)11-13/h5-6,11,14H,7-10,12H2,1-4H3,(H,23,27). The van der Waals surface area contributed by atoms with Gasteiger partial charge in [0, 0.05) is 5.56 Å². The fraction of sp³-hybridized carbons (Fsp3) is 0.571. The number of Topliss-reactive ketones (excluding diaryl/α,β-unsaturated/α-hetero) is 1. The number of hydrogen-bond acceptors (Lipinski definition) is 4. The third-order valence-electron chi connectivity index (χ3n) is 6.09. The van der Waals surface area contributed by atoms with E-state index in [0.717, 1.165) is 17.7 Å². The van der Waals surface area contributed by atoms with Gasteiger partial charge in [-0.1, -0.05) is 32.4 Å². The first-order chi connectivity index (χ1) is 13.1. The Balaban J connectivity index is 1.71. The zero-order valence-electron chi connectivity index (χ0n) is 16.8. The van der Waals surface area contributed by atoms with E-state index in [0.29, 0.717) is 35.1 Å². The summed E-state index contributed by atoms with van der Waals surface area (Å²) in [5, 5.41) is 3.17. The first kappa shape index (κ1) is 20.6. The third-order valence-corrected chi connectivity index (χ3v) is 6.38. The molecule has 152 valence electrons. The average molecular weight is 407 g/mol. The summed E-state index contributed by atoms with van der Waals surface area (Å²) in [7, 11) is 1.49. The van der Waals surface area contributed by atoms with Crippen molar-refractivity contribution >= 4 is 29.3 Å². The second kappa shape index (κ2) is 7.39. The molecule has 1 saturated carbocycles. The predicted molar refractivity (Wildman–Crippen MR) is 107 cm³/mol. The van der Waals surface area contributed by atoms with Crippen molar-refractivity contribution in [1.29, 1.82) is 0 Å². The summed E-state index contributed by atoms with van der Waals surface area (Å²) < 4.78 is 5.08. The predicted octanol–water partition coefficient (Wildman–Crippen LogP) is 4.06. The molecule has 1 aliphatic carbocycles. The molecule has 1 saturated heterocycles. The van der Waals surface area contributed by atoms with Crippen molar-refractivity contribution in [3.63, 3.8) is 0 Å². The van der Waals surface area contributed by atoms with Crippen molar-refractivity contribution in [2.45, 2.75) is 52.0 Å². The minimum Gasteiger partial charge on any atom is -0.495 e. The van der Waals surface area contributed by atoms with E-state index in [9.17, 15) is 14.4 Å². The molecule has 3 rings (SSSR count). The van der Waals surface area contributed by atoms with E-state index < -0.39 is 11.6 Å². The van der Waals surface area contributed by atoms with Crippen molar-refractivity contribution in [2.75, 3.05) is 13.7 Å². The van der Waals surface area contributed by atoms with Crippen LogP contribution in [-0.2, 0) is 4.79 Å². The number of nitrogens with zero attached hydrogens (tertiary/aromatic N) is 1. The first-order valence-electron chi connectivity index (χ1n) is 9.58. The van der Waals surface area contributed by atoms with Gasteiger partial charge in [-0.15, -0.1) is 0 Å². The van der Waals surface area contributed by atoms with Crippen LogP contribution in [0.5, 0.6) is 5.75 Å². The number of carbonyl (C=O) groups excluding carboxylic acids is 3. The van der Waals surface area contributed by atoms with Gasteiger partial charge in [-0.2, -0.15) is 0 Å². The number of imide groups is 1. The molecule has 6 nitrogen and oxygen atoms in total. The smallest absolute Gasteiger partial charge is 0.325 e. The van der Waals surface area contributed by atoms with Crippen molar-refractivity contribution in [3.05, 3.63) is 28.8 Å². The van der Waals surface area contributed by atoms with Gasteiger partial charge in [-0.05, 0) is 55.2 Å². The lowest BCUT2D eigenvalue weighted by molar-refractivity contribution is -0.132. The van der Waals surface area contributed by atoms with E-state index in [-0.39, 0.29) is 23.7 Å². The molecule has 0 radical (unpaired) electrons. The Morgan fingerprint density at radius 2 is 1.93 bits per heavy atom. The van der Waals surface area contributed by atoms with Gasteiger partial charge in [-0.3, -0.25) is 14.5 Å². The number of hydrogen-bond donors (Lipinski definition) is 1. The van der Waals surface area contributed by atoms with Gasteiger partial charge < -0.3 is 10.1 Å². The number of nitrogens with one attached hydrogen (secondary N) is 1. The van der Waals surface area contributed by atoms with Crippen LogP contribution in [-0.4, -0.2) is 41.8 Å². The Kier molecular flexibility index (Phi) is 5.45. The van der Waals surface area contributed by atoms with Crippen LogP contribution < -0.4 is 10.1 Å². The number of urea groups is 1. The Bertz CT molecular complexity index is 807. The molecule has 28 heavy (non-hydrogen) atoms. The lowest BCUT2D eigenvalue weighted by Crippen LogP contribution is -2.50. The maximum absolute atomic E-state index is 13.0. The normalized spacial score (nSPS) is 25.2. The highest BCUT2D eigenvalue weighted by atomic mass is 35.5. The van der Waals surface area contributed by atoms with Crippen LogP contribution in [0.1, 0.15) is 56.8 Å². The van der Waals surface area contributed by atoms with Gasteiger partial charge in [0.1, 0.15) is 11.3 Å². The fourth-order valence-electron chi connectivity index (χ4n) is 4.21. The Hall–Kier alpha value is -2.08. The van der Waals surface area contributed by atoms with Crippen molar-refractivity contribution < 1.29 is 19.1 Å². The second-order valence-corrected chi connectivity index (χ2v) is 9.22. The molecule has 1 aromatic rings. The minimum atomic E-state index is -0.864. The molecule has 0 atom stereocenters. The molecule has 1 N–H and O–H groups in total. The summed E-state index contributed by atoms with van der Waals surface area (Å²) in [6.07, 6.45) is 2.98. The summed E-state index contributed by atoms with van der Waals surface area (Å²) in [4.78, 5) is 39.2. The number of amides is 3.